The van der Waals surface area contributed by atoms with Crippen LogP contribution in [0.25, 0.3) is 0 Å². The van der Waals surface area contributed by atoms with Crippen molar-refractivity contribution in [1.82, 2.24) is 4.98 Å². The molecule has 7 nitrogen and oxygen atoms in total. The van der Waals surface area contributed by atoms with Gasteiger partial charge in [0.2, 0.25) is 0 Å². The Morgan fingerprint density at radius 1 is 1.04 bits per heavy atom. The lowest BCUT2D eigenvalue weighted by atomic mass is 10.3. The summed E-state index contributed by atoms with van der Waals surface area (Å²) >= 11 is 0. The van der Waals surface area contributed by atoms with Crippen LogP contribution in [-0.4, -0.2) is 27.6 Å². The number of hydrogen-bond acceptors (Lipinski definition) is 6. The Bertz CT molecular complexity index is 957. The van der Waals surface area contributed by atoms with Gasteiger partial charge in [0.1, 0.15) is 11.6 Å². The fraction of sp³-hybridized carbons (Fsp3) is 0.167. The molecule has 0 aliphatic heterocycles. The largest absolute Gasteiger partial charge is 0.493 e. The third-order valence-electron chi connectivity index (χ3n) is 3.73. The van der Waals surface area contributed by atoms with E-state index in [0.717, 1.165) is 0 Å². The van der Waals surface area contributed by atoms with E-state index < -0.39 is 10.0 Å². The summed E-state index contributed by atoms with van der Waals surface area (Å²) in [5, 5.41) is 0. The van der Waals surface area contributed by atoms with Crippen LogP contribution in [-0.2, 0) is 16.6 Å². The molecule has 26 heavy (non-hydrogen) atoms. The predicted molar refractivity (Wildman–Crippen MR) is 95.9 cm³/mol. The number of hydrogen-bond donors (Lipinski definition) is 0. The third kappa shape index (κ3) is 3.50. The maximum absolute atomic E-state index is 13.3. The first-order valence-electron chi connectivity index (χ1n) is 7.74. The lowest BCUT2D eigenvalue weighted by Gasteiger charge is -2.23. The fourth-order valence-electron chi connectivity index (χ4n) is 2.44. The van der Waals surface area contributed by atoms with Crippen molar-refractivity contribution in [2.45, 2.75) is 11.4 Å². The molecule has 0 atom stereocenters. The second kappa shape index (κ2) is 7.49. The first-order valence-corrected chi connectivity index (χ1v) is 9.18. The van der Waals surface area contributed by atoms with Crippen molar-refractivity contribution < 1.29 is 22.3 Å². The van der Waals surface area contributed by atoms with Gasteiger partial charge in [0.15, 0.2) is 11.5 Å². The molecule has 0 N–H and O–H groups in total. The number of benzene rings is 1. The Balaban J connectivity index is 2.07. The number of pyridine rings is 1. The molecule has 0 unspecified atom stereocenters. The maximum atomic E-state index is 13.3. The number of anilines is 1. The van der Waals surface area contributed by atoms with Crippen molar-refractivity contribution in [2.24, 2.45) is 0 Å². The normalized spacial score (nSPS) is 11.2. The SMILES string of the molecule is COc1ccc(S(=O)(=O)N(Cc2ccco2)c2ccccn2)cc1OC. The Labute approximate surface area is 151 Å². The smallest absolute Gasteiger partial charge is 0.266 e. The number of rotatable bonds is 7. The standard InChI is InChI=1S/C18H18N2O5S/c1-23-16-9-8-15(12-17(16)24-2)26(21,22)20(13-14-6-5-11-25-14)18-7-3-4-10-19-18/h3-12H,13H2,1-2H3. The van der Waals surface area contributed by atoms with Crippen molar-refractivity contribution in [3.05, 3.63) is 66.8 Å². The van der Waals surface area contributed by atoms with Gasteiger partial charge in [0, 0.05) is 12.3 Å². The number of nitrogens with zero attached hydrogens (tertiary/aromatic N) is 2. The molecule has 1 aromatic carbocycles. The molecule has 0 aliphatic carbocycles. The number of aromatic nitrogens is 1. The lowest BCUT2D eigenvalue weighted by molar-refractivity contribution is 0.354. The molecule has 0 spiro atoms. The average Bonchev–Trinajstić information content (AvgIpc) is 3.19. The quantitative estimate of drug-likeness (QED) is 0.632. The van der Waals surface area contributed by atoms with Crippen molar-refractivity contribution in [2.75, 3.05) is 18.5 Å². The molecular formula is C18H18N2O5S. The summed E-state index contributed by atoms with van der Waals surface area (Å²) in [6.07, 6.45) is 3.03. The summed E-state index contributed by atoms with van der Waals surface area (Å²) in [6, 6.07) is 12.9. The van der Waals surface area contributed by atoms with E-state index in [2.05, 4.69) is 4.98 Å². The highest BCUT2D eigenvalue weighted by molar-refractivity contribution is 7.92. The average molecular weight is 374 g/mol. The monoisotopic (exact) mass is 374 g/mol. The van der Waals surface area contributed by atoms with E-state index in [1.807, 2.05) is 0 Å². The first-order chi connectivity index (χ1) is 12.6. The van der Waals surface area contributed by atoms with E-state index >= 15 is 0 Å². The van der Waals surface area contributed by atoms with Crippen molar-refractivity contribution in [3.63, 3.8) is 0 Å². The zero-order chi connectivity index (χ0) is 18.6. The summed E-state index contributed by atoms with van der Waals surface area (Å²) in [5.41, 5.74) is 0. The van der Waals surface area contributed by atoms with Crippen LogP contribution in [0.15, 0.2) is 70.3 Å². The Morgan fingerprint density at radius 2 is 1.85 bits per heavy atom. The molecule has 0 saturated heterocycles. The molecule has 2 heterocycles. The maximum Gasteiger partial charge on any atom is 0.266 e. The zero-order valence-corrected chi connectivity index (χ0v) is 15.1. The van der Waals surface area contributed by atoms with Crippen LogP contribution < -0.4 is 13.8 Å². The van der Waals surface area contributed by atoms with Crippen LogP contribution in [0.4, 0.5) is 5.82 Å². The summed E-state index contributed by atoms with van der Waals surface area (Å²) in [5.74, 6) is 1.56. The zero-order valence-electron chi connectivity index (χ0n) is 14.3. The van der Waals surface area contributed by atoms with E-state index in [0.29, 0.717) is 23.1 Å². The Kier molecular flexibility index (Phi) is 5.13. The molecule has 0 bridgehead atoms. The molecule has 136 valence electrons. The minimum atomic E-state index is -3.91. The second-order valence-corrected chi connectivity index (χ2v) is 7.16. The van der Waals surface area contributed by atoms with E-state index in [1.165, 1.54) is 43.1 Å². The van der Waals surface area contributed by atoms with Gasteiger partial charge in [0.25, 0.3) is 10.0 Å². The van der Waals surface area contributed by atoms with E-state index in [4.69, 9.17) is 13.9 Å². The minimum Gasteiger partial charge on any atom is -0.493 e. The highest BCUT2D eigenvalue weighted by atomic mass is 32.2. The van der Waals surface area contributed by atoms with Crippen molar-refractivity contribution in [1.29, 1.82) is 0 Å². The number of sulfonamides is 1. The summed E-state index contributed by atoms with van der Waals surface area (Å²) in [7, 11) is -0.971. The number of furan rings is 1. The predicted octanol–water partition coefficient (Wildman–Crippen LogP) is 3.09. The fourth-order valence-corrected chi connectivity index (χ4v) is 3.84. The van der Waals surface area contributed by atoms with Crippen molar-refractivity contribution in [3.8, 4) is 11.5 Å². The van der Waals surface area contributed by atoms with Gasteiger partial charge in [-0.25, -0.2) is 17.7 Å². The molecule has 0 saturated carbocycles. The molecular weight excluding hydrogens is 356 g/mol. The van der Waals surface area contributed by atoms with E-state index in [-0.39, 0.29) is 11.4 Å². The van der Waals surface area contributed by atoms with Gasteiger partial charge >= 0.3 is 0 Å². The molecule has 3 aromatic rings. The summed E-state index contributed by atoms with van der Waals surface area (Å²) in [4.78, 5) is 4.24. The van der Waals surface area contributed by atoms with Crippen LogP contribution in [0.2, 0.25) is 0 Å². The van der Waals surface area contributed by atoms with Gasteiger partial charge in [-0.1, -0.05) is 6.07 Å². The molecule has 0 fully saturated rings. The van der Waals surface area contributed by atoms with Gasteiger partial charge in [-0.15, -0.1) is 0 Å². The van der Waals surface area contributed by atoms with Crippen LogP contribution in [0.3, 0.4) is 0 Å². The van der Waals surface area contributed by atoms with Crippen LogP contribution in [0.5, 0.6) is 11.5 Å². The highest BCUT2D eigenvalue weighted by Gasteiger charge is 2.28. The number of methoxy groups -OCH3 is 2. The third-order valence-corrected chi connectivity index (χ3v) is 5.47. The van der Waals surface area contributed by atoms with Gasteiger partial charge in [-0.3, -0.25) is 0 Å². The Morgan fingerprint density at radius 3 is 2.46 bits per heavy atom. The van der Waals surface area contributed by atoms with Gasteiger partial charge in [0.05, 0.1) is 31.9 Å². The first kappa shape index (κ1) is 17.8. The summed E-state index contributed by atoms with van der Waals surface area (Å²) < 4.78 is 43.5. The summed E-state index contributed by atoms with van der Waals surface area (Å²) in [6.45, 7) is 0.0146. The molecule has 8 heteroatoms. The highest BCUT2D eigenvalue weighted by Crippen LogP contribution is 2.32. The van der Waals surface area contributed by atoms with E-state index in [9.17, 15) is 8.42 Å². The van der Waals surface area contributed by atoms with Crippen LogP contribution in [0, 0.1) is 0 Å². The molecule has 0 amide bonds. The van der Waals surface area contributed by atoms with Crippen molar-refractivity contribution >= 4 is 15.8 Å². The molecule has 3 rings (SSSR count). The van der Waals surface area contributed by atoms with Gasteiger partial charge in [-0.2, -0.15) is 0 Å². The molecule has 0 aliphatic rings. The van der Waals surface area contributed by atoms with E-state index in [1.54, 1.807) is 36.4 Å². The second-order valence-electron chi connectivity index (χ2n) is 5.30. The topological polar surface area (TPSA) is 81.9 Å². The lowest BCUT2D eigenvalue weighted by Crippen LogP contribution is -2.31. The van der Waals surface area contributed by atoms with Gasteiger partial charge in [-0.05, 0) is 36.4 Å². The van der Waals surface area contributed by atoms with Gasteiger partial charge < -0.3 is 13.9 Å². The molecule has 2 aromatic heterocycles. The minimum absolute atomic E-state index is 0.0146. The van der Waals surface area contributed by atoms with Crippen LogP contribution >= 0.6 is 0 Å². The van der Waals surface area contributed by atoms with Crippen LogP contribution in [0.1, 0.15) is 5.76 Å². The Hall–Kier alpha value is -3.00. The molecule has 0 radical (unpaired) electrons. The number of ether oxygens (including phenoxy) is 2.